The summed E-state index contributed by atoms with van der Waals surface area (Å²) in [6, 6.07) is 2.18. The largest absolute Gasteiger partial charge is 0.506 e. The molecule has 0 atom stereocenters. The molecule has 0 amide bonds. The first-order valence-corrected chi connectivity index (χ1v) is 13.2. The summed E-state index contributed by atoms with van der Waals surface area (Å²) in [7, 11) is 0. The van der Waals surface area contributed by atoms with E-state index in [1.807, 2.05) is 30.4 Å². The zero-order valence-corrected chi connectivity index (χ0v) is 19.9. The Labute approximate surface area is 177 Å². The first-order chi connectivity index (χ1) is 13.1. The highest BCUT2D eigenvalue weighted by Crippen LogP contribution is 2.40. The lowest BCUT2D eigenvalue weighted by molar-refractivity contribution is 0.456. The van der Waals surface area contributed by atoms with Crippen molar-refractivity contribution in [1.82, 2.24) is 0 Å². The molecule has 0 spiro atoms. The minimum absolute atomic E-state index is 0.507. The van der Waals surface area contributed by atoms with Gasteiger partial charge in [-0.25, -0.2) is 0 Å². The van der Waals surface area contributed by atoms with Crippen LogP contribution < -0.4 is 0 Å². The van der Waals surface area contributed by atoms with Gasteiger partial charge < -0.3 is 5.11 Å². The van der Waals surface area contributed by atoms with Gasteiger partial charge in [-0.3, -0.25) is 0 Å². The molecule has 0 bridgehead atoms. The number of phenols is 1. The maximum absolute atomic E-state index is 10.5. The van der Waals surface area contributed by atoms with Crippen LogP contribution >= 0.6 is 23.5 Å². The minimum Gasteiger partial charge on any atom is -0.506 e. The van der Waals surface area contributed by atoms with E-state index in [0.29, 0.717) is 5.75 Å². The van der Waals surface area contributed by atoms with E-state index < -0.39 is 0 Å². The fourth-order valence-electron chi connectivity index (χ4n) is 3.29. The van der Waals surface area contributed by atoms with E-state index in [9.17, 15) is 5.11 Å². The van der Waals surface area contributed by atoms with Crippen molar-refractivity contribution in [1.29, 1.82) is 0 Å². The van der Waals surface area contributed by atoms with Gasteiger partial charge in [0.05, 0.1) is 4.90 Å². The molecule has 0 aliphatic heterocycles. The Bertz CT molecular complexity index is 514. The third kappa shape index (κ3) is 10.2. The van der Waals surface area contributed by atoms with Crippen LogP contribution in [0, 0.1) is 13.8 Å². The second-order valence-corrected chi connectivity index (χ2v) is 9.97. The van der Waals surface area contributed by atoms with Crippen molar-refractivity contribution < 1.29 is 5.11 Å². The highest BCUT2D eigenvalue weighted by molar-refractivity contribution is 8.00. The summed E-state index contributed by atoms with van der Waals surface area (Å²) in [5.41, 5.74) is 2.31. The first-order valence-electron chi connectivity index (χ1n) is 11.2. The highest BCUT2D eigenvalue weighted by atomic mass is 32.2. The predicted octanol–water partition coefficient (Wildman–Crippen LogP) is 8.91. The van der Waals surface area contributed by atoms with Gasteiger partial charge in [0.1, 0.15) is 5.75 Å². The van der Waals surface area contributed by atoms with Gasteiger partial charge in [0.2, 0.25) is 0 Å². The van der Waals surface area contributed by atoms with Crippen LogP contribution in [-0.4, -0.2) is 16.6 Å². The monoisotopic (exact) mass is 410 g/mol. The number of benzene rings is 1. The van der Waals surface area contributed by atoms with Crippen molar-refractivity contribution in [3.63, 3.8) is 0 Å². The van der Waals surface area contributed by atoms with Gasteiger partial charge >= 0.3 is 0 Å². The van der Waals surface area contributed by atoms with Crippen LogP contribution in [0.2, 0.25) is 0 Å². The van der Waals surface area contributed by atoms with Gasteiger partial charge in [0.15, 0.2) is 0 Å². The molecule has 0 fully saturated rings. The van der Waals surface area contributed by atoms with E-state index in [2.05, 4.69) is 26.8 Å². The van der Waals surface area contributed by atoms with Crippen LogP contribution in [0.25, 0.3) is 0 Å². The van der Waals surface area contributed by atoms with Crippen LogP contribution in [0.5, 0.6) is 5.75 Å². The molecule has 0 unspecified atom stereocenters. The summed E-state index contributed by atoms with van der Waals surface area (Å²) in [4.78, 5) is 2.48. The summed E-state index contributed by atoms with van der Waals surface area (Å²) in [6.07, 6.45) is 16.1. The van der Waals surface area contributed by atoms with E-state index in [-0.39, 0.29) is 0 Å². The summed E-state index contributed by atoms with van der Waals surface area (Å²) in [6.45, 7) is 8.76. The molecule has 0 heterocycles. The summed E-state index contributed by atoms with van der Waals surface area (Å²) < 4.78 is 0. The smallest absolute Gasteiger partial charge is 0.132 e. The molecule has 0 radical (unpaired) electrons. The number of aromatic hydroxyl groups is 1. The maximum atomic E-state index is 10.5. The molecule has 1 aromatic rings. The van der Waals surface area contributed by atoms with Crippen molar-refractivity contribution in [2.45, 2.75) is 115 Å². The normalized spacial score (nSPS) is 11.3. The van der Waals surface area contributed by atoms with Gasteiger partial charge in [-0.2, -0.15) is 0 Å². The molecule has 1 N–H and O–H groups in total. The molecule has 156 valence electrons. The third-order valence-electron chi connectivity index (χ3n) is 5.15. The van der Waals surface area contributed by atoms with Crippen LogP contribution in [0.1, 0.15) is 102 Å². The fraction of sp³-hybridized carbons (Fsp3) is 0.750. The van der Waals surface area contributed by atoms with Crippen LogP contribution in [0.4, 0.5) is 0 Å². The number of rotatable bonds is 16. The topological polar surface area (TPSA) is 20.2 Å². The van der Waals surface area contributed by atoms with Crippen molar-refractivity contribution in [3.05, 3.63) is 17.2 Å². The number of thioether (sulfide) groups is 2. The first kappa shape index (κ1) is 24.8. The number of hydrogen-bond donors (Lipinski definition) is 1. The van der Waals surface area contributed by atoms with Crippen molar-refractivity contribution in [2.75, 3.05) is 11.5 Å². The number of unbranched alkanes of at least 4 members (excludes halogenated alkanes) is 10. The molecular formula is C24H42OS2. The lowest BCUT2D eigenvalue weighted by Gasteiger charge is -2.15. The van der Waals surface area contributed by atoms with Gasteiger partial charge in [-0.15, -0.1) is 23.5 Å². The SMILES string of the molecule is CCCCCCCCSc1cc(C)c(O)c(SCCCCCCCC)c1C. The van der Waals surface area contributed by atoms with Crippen molar-refractivity contribution in [2.24, 2.45) is 0 Å². The zero-order chi connectivity index (χ0) is 19.9. The second-order valence-electron chi connectivity index (χ2n) is 7.73. The predicted molar refractivity (Wildman–Crippen MR) is 126 cm³/mol. The molecule has 0 saturated carbocycles. The van der Waals surface area contributed by atoms with E-state index in [1.54, 1.807) is 0 Å². The Morgan fingerprint density at radius 3 is 1.74 bits per heavy atom. The number of phenolic OH excluding ortho intramolecular Hbond substituents is 1. The molecular weight excluding hydrogens is 368 g/mol. The molecule has 27 heavy (non-hydrogen) atoms. The Morgan fingerprint density at radius 2 is 1.19 bits per heavy atom. The van der Waals surface area contributed by atoms with Gasteiger partial charge in [-0.1, -0.05) is 78.1 Å². The third-order valence-corrected chi connectivity index (χ3v) is 7.65. The standard InChI is InChI=1S/C24H42OS2/c1-5-7-9-11-13-15-17-26-22-19-20(3)23(25)24(21(22)4)27-18-16-14-12-10-8-6-2/h19,25H,5-18H2,1-4H3. The quantitative estimate of drug-likeness (QED) is 0.217. The molecule has 0 aliphatic carbocycles. The zero-order valence-electron chi connectivity index (χ0n) is 18.2. The van der Waals surface area contributed by atoms with E-state index in [1.165, 1.54) is 93.3 Å². The van der Waals surface area contributed by atoms with Gasteiger partial charge in [0, 0.05) is 4.90 Å². The summed E-state index contributed by atoms with van der Waals surface area (Å²) in [5.74, 6) is 2.82. The Morgan fingerprint density at radius 1 is 0.704 bits per heavy atom. The molecule has 1 aromatic carbocycles. The van der Waals surface area contributed by atoms with Gasteiger partial charge in [-0.05, 0) is 55.4 Å². The lowest BCUT2D eigenvalue weighted by Crippen LogP contribution is -1.92. The van der Waals surface area contributed by atoms with Crippen LogP contribution in [-0.2, 0) is 0 Å². The average molecular weight is 411 g/mol. The van der Waals surface area contributed by atoms with Crippen molar-refractivity contribution >= 4 is 23.5 Å². The van der Waals surface area contributed by atoms with Crippen molar-refractivity contribution in [3.8, 4) is 5.75 Å². The molecule has 0 aliphatic rings. The van der Waals surface area contributed by atoms with E-state index in [4.69, 9.17) is 0 Å². The highest BCUT2D eigenvalue weighted by Gasteiger charge is 2.13. The summed E-state index contributed by atoms with van der Waals surface area (Å²) in [5, 5.41) is 10.5. The van der Waals surface area contributed by atoms with Crippen LogP contribution in [0.3, 0.4) is 0 Å². The lowest BCUT2D eigenvalue weighted by atomic mass is 10.1. The van der Waals surface area contributed by atoms with Crippen LogP contribution in [0.15, 0.2) is 15.9 Å². The Balaban J connectivity index is 2.44. The maximum Gasteiger partial charge on any atom is 0.132 e. The average Bonchev–Trinajstić information content (AvgIpc) is 2.66. The number of aryl methyl sites for hydroxylation is 1. The van der Waals surface area contributed by atoms with E-state index >= 15 is 0 Å². The van der Waals surface area contributed by atoms with Gasteiger partial charge in [0.25, 0.3) is 0 Å². The van der Waals surface area contributed by atoms with E-state index in [0.717, 1.165) is 16.2 Å². The molecule has 1 rings (SSSR count). The Hall–Kier alpha value is -0.280. The Kier molecular flexibility index (Phi) is 14.3. The summed E-state index contributed by atoms with van der Waals surface area (Å²) >= 11 is 3.83. The number of hydrogen-bond acceptors (Lipinski definition) is 3. The fourth-order valence-corrected chi connectivity index (χ4v) is 5.68. The molecule has 3 heteroatoms. The molecule has 0 saturated heterocycles. The molecule has 1 nitrogen and oxygen atoms in total. The minimum atomic E-state index is 0.507. The second kappa shape index (κ2) is 15.6. The molecule has 0 aromatic heterocycles.